The average molecular weight is 446 g/mol. The molecular weight excluding hydrogens is 412 g/mol. The fraction of sp³-hybridized carbons (Fsp3) is 0.219. The van der Waals surface area contributed by atoms with Crippen molar-refractivity contribution in [1.82, 2.24) is 4.57 Å². The van der Waals surface area contributed by atoms with Crippen LogP contribution in [0.2, 0.25) is 0 Å². The Bertz CT molecular complexity index is 1480. The molecule has 5 aromatic rings. The SMILES string of the molecule is Cc1ccc(C)c(-c2n(-c3ccc(-c4ccccc4)cc3)c3cc(C(C)(C)C)ccc3[n+]2C)c1. The number of nitrogens with zero attached hydrogens (tertiary/aromatic N) is 2. The van der Waals surface area contributed by atoms with Crippen molar-refractivity contribution in [2.45, 2.75) is 40.0 Å². The van der Waals surface area contributed by atoms with Crippen LogP contribution < -0.4 is 4.57 Å². The zero-order chi connectivity index (χ0) is 24.0. The molecule has 0 spiro atoms. The van der Waals surface area contributed by atoms with Gasteiger partial charge in [-0.3, -0.25) is 0 Å². The van der Waals surface area contributed by atoms with Crippen LogP contribution in [0, 0.1) is 13.8 Å². The van der Waals surface area contributed by atoms with Crippen LogP contribution in [-0.4, -0.2) is 4.57 Å². The third kappa shape index (κ3) is 3.84. The molecule has 0 amide bonds. The van der Waals surface area contributed by atoms with Crippen LogP contribution in [0.15, 0.2) is 91.0 Å². The second-order valence-electron chi connectivity index (χ2n) is 10.4. The van der Waals surface area contributed by atoms with Gasteiger partial charge in [0.15, 0.2) is 11.0 Å². The molecule has 5 rings (SSSR count). The minimum Gasteiger partial charge on any atom is -0.225 e. The minimum atomic E-state index is 0.0818. The third-order valence-electron chi connectivity index (χ3n) is 6.84. The van der Waals surface area contributed by atoms with Crippen molar-refractivity contribution in [1.29, 1.82) is 0 Å². The molecule has 0 N–H and O–H groups in total. The van der Waals surface area contributed by atoms with Crippen LogP contribution >= 0.6 is 0 Å². The van der Waals surface area contributed by atoms with Crippen LogP contribution in [-0.2, 0) is 12.5 Å². The van der Waals surface area contributed by atoms with Gasteiger partial charge in [-0.15, -0.1) is 0 Å². The largest absolute Gasteiger partial charge is 0.295 e. The van der Waals surface area contributed by atoms with Crippen molar-refractivity contribution in [2.75, 3.05) is 0 Å². The van der Waals surface area contributed by atoms with Gasteiger partial charge in [0.1, 0.15) is 5.69 Å². The standard InChI is InChI=1S/C32H33N2/c1-22-12-13-23(2)28(20-22)31-33(6)29-19-16-26(32(3,4)5)21-30(29)34(31)27-17-14-25(15-18-27)24-10-8-7-9-11-24/h7-21H,1-6H3/q+1. The van der Waals surface area contributed by atoms with E-state index < -0.39 is 0 Å². The number of hydrogen-bond acceptors (Lipinski definition) is 0. The summed E-state index contributed by atoms with van der Waals surface area (Å²) in [5, 5.41) is 0. The van der Waals surface area contributed by atoms with Gasteiger partial charge in [0, 0.05) is 0 Å². The lowest BCUT2D eigenvalue weighted by atomic mass is 9.87. The second-order valence-corrected chi connectivity index (χ2v) is 10.4. The number of imidazole rings is 1. The molecule has 0 unspecified atom stereocenters. The Morgan fingerprint density at radius 1 is 0.706 bits per heavy atom. The predicted octanol–water partition coefficient (Wildman–Crippen LogP) is 7.70. The molecule has 0 saturated heterocycles. The van der Waals surface area contributed by atoms with Gasteiger partial charge < -0.3 is 0 Å². The Kier molecular flexibility index (Phi) is 5.40. The molecule has 0 aliphatic heterocycles. The van der Waals surface area contributed by atoms with E-state index in [-0.39, 0.29) is 5.41 Å². The maximum atomic E-state index is 2.43. The van der Waals surface area contributed by atoms with E-state index in [4.69, 9.17) is 0 Å². The summed E-state index contributed by atoms with van der Waals surface area (Å²) in [5.41, 5.74) is 11.3. The molecule has 2 heteroatoms. The first-order valence-electron chi connectivity index (χ1n) is 12.0. The number of hydrogen-bond donors (Lipinski definition) is 0. The van der Waals surface area contributed by atoms with Gasteiger partial charge in [0.2, 0.25) is 0 Å². The Labute approximate surface area is 203 Å². The van der Waals surface area contributed by atoms with Crippen molar-refractivity contribution in [3.05, 3.63) is 108 Å². The molecule has 0 bridgehead atoms. The van der Waals surface area contributed by atoms with E-state index in [1.807, 2.05) is 0 Å². The van der Waals surface area contributed by atoms with Crippen LogP contribution in [0.1, 0.15) is 37.5 Å². The lowest BCUT2D eigenvalue weighted by Gasteiger charge is -2.18. The number of aryl methyl sites for hydroxylation is 3. The average Bonchev–Trinajstić information content (AvgIpc) is 3.12. The first-order chi connectivity index (χ1) is 16.2. The summed E-state index contributed by atoms with van der Waals surface area (Å²) in [6, 6.07) is 33.2. The van der Waals surface area contributed by atoms with Crippen molar-refractivity contribution in [3.63, 3.8) is 0 Å². The van der Waals surface area contributed by atoms with Crippen molar-refractivity contribution >= 4 is 11.0 Å². The molecule has 0 saturated carbocycles. The Morgan fingerprint density at radius 3 is 2.06 bits per heavy atom. The van der Waals surface area contributed by atoms with Crippen molar-refractivity contribution in [3.8, 4) is 28.2 Å². The van der Waals surface area contributed by atoms with Gasteiger partial charge >= 0.3 is 0 Å². The van der Waals surface area contributed by atoms with E-state index in [1.54, 1.807) is 0 Å². The highest BCUT2D eigenvalue weighted by Gasteiger charge is 2.28. The monoisotopic (exact) mass is 445 g/mol. The lowest BCUT2D eigenvalue weighted by molar-refractivity contribution is -0.633. The minimum absolute atomic E-state index is 0.0818. The normalized spacial score (nSPS) is 11.8. The Balaban J connectivity index is 1.80. The van der Waals surface area contributed by atoms with E-state index in [0.717, 1.165) is 0 Å². The first-order valence-corrected chi connectivity index (χ1v) is 12.0. The number of aromatic nitrogens is 2. The van der Waals surface area contributed by atoms with Crippen LogP contribution in [0.5, 0.6) is 0 Å². The molecule has 1 aromatic heterocycles. The zero-order valence-electron chi connectivity index (χ0n) is 21.1. The van der Waals surface area contributed by atoms with Crippen LogP contribution in [0.25, 0.3) is 39.2 Å². The van der Waals surface area contributed by atoms with Gasteiger partial charge in [-0.25, -0.2) is 4.57 Å². The summed E-state index contributed by atoms with van der Waals surface area (Å²) < 4.78 is 4.77. The van der Waals surface area contributed by atoms with E-state index >= 15 is 0 Å². The van der Waals surface area contributed by atoms with Crippen molar-refractivity contribution in [2.24, 2.45) is 7.05 Å². The molecule has 0 aliphatic carbocycles. The molecule has 2 nitrogen and oxygen atoms in total. The summed E-state index contributed by atoms with van der Waals surface area (Å²) in [4.78, 5) is 0. The molecule has 4 aromatic carbocycles. The molecule has 0 fully saturated rings. The molecule has 0 aliphatic rings. The van der Waals surface area contributed by atoms with E-state index in [1.165, 1.54) is 55.9 Å². The first kappa shape index (κ1) is 22.2. The quantitative estimate of drug-likeness (QED) is 0.252. The van der Waals surface area contributed by atoms with Crippen molar-refractivity contribution < 1.29 is 4.57 Å². The van der Waals surface area contributed by atoms with E-state index in [2.05, 4.69) is 142 Å². The molecule has 1 heterocycles. The Hall–Kier alpha value is -3.65. The topological polar surface area (TPSA) is 8.81 Å². The number of fused-ring (bicyclic) bond motifs is 1. The molecule has 34 heavy (non-hydrogen) atoms. The highest BCUT2D eigenvalue weighted by atomic mass is 15.2. The zero-order valence-corrected chi connectivity index (χ0v) is 21.1. The summed E-state index contributed by atoms with van der Waals surface area (Å²) in [7, 11) is 2.19. The summed E-state index contributed by atoms with van der Waals surface area (Å²) in [5.74, 6) is 1.20. The molecule has 0 radical (unpaired) electrons. The maximum Gasteiger partial charge on any atom is 0.295 e. The van der Waals surface area contributed by atoms with Crippen LogP contribution in [0.3, 0.4) is 0 Å². The summed E-state index contributed by atoms with van der Waals surface area (Å²) >= 11 is 0. The lowest BCUT2D eigenvalue weighted by Crippen LogP contribution is -2.30. The van der Waals surface area contributed by atoms with Gasteiger partial charge in [0.25, 0.3) is 5.82 Å². The molecular formula is C32H33N2+. The number of rotatable bonds is 3. The predicted molar refractivity (Wildman–Crippen MR) is 143 cm³/mol. The fourth-order valence-corrected chi connectivity index (χ4v) is 4.80. The van der Waals surface area contributed by atoms with Gasteiger partial charge in [0.05, 0.1) is 12.6 Å². The van der Waals surface area contributed by atoms with Gasteiger partial charge in [-0.2, -0.15) is 4.57 Å². The highest BCUT2D eigenvalue weighted by Crippen LogP contribution is 2.33. The van der Waals surface area contributed by atoms with E-state index in [9.17, 15) is 0 Å². The smallest absolute Gasteiger partial charge is 0.225 e. The Morgan fingerprint density at radius 2 is 1.38 bits per heavy atom. The number of benzene rings is 4. The highest BCUT2D eigenvalue weighted by molar-refractivity contribution is 5.81. The molecule has 170 valence electrons. The maximum absolute atomic E-state index is 2.43. The third-order valence-corrected chi connectivity index (χ3v) is 6.84. The second kappa shape index (κ2) is 8.29. The fourth-order valence-electron chi connectivity index (χ4n) is 4.80. The van der Waals surface area contributed by atoms with Gasteiger partial charge in [-0.1, -0.05) is 87.0 Å². The van der Waals surface area contributed by atoms with Crippen LogP contribution in [0.4, 0.5) is 0 Å². The van der Waals surface area contributed by atoms with E-state index in [0.29, 0.717) is 0 Å². The molecule has 0 atom stereocenters. The summed E-state index contributed by atoms with van der Waals surface area (Å²) in [6.07, 6.45) is 0. The van der Waals surface area contributed by atoms with Gasteiger partial charge in [-0.05, 0) is 71.8 Å². The summed E-state index contributed by atoms with van der Waals surface area (Å²) in [6.45, 7) is 11.2.